The number of aryl methyl sites for hydroxylation is 1. The van der Waals surface area contributed by atoms with Crippen molar-refractivity contribution < 1.29 is 0 Å². The minimum absolute atomic E-state index is 0.345. The summed E-state index contributed by atoms with van der Waals surface area (Å²) in [6, 6.07) is 15.3. The number of nitriles is 1. The molecule has 0 unspecified atom stereocenters. The Morgan fingerprint density at radius 2 is 1.62 bits per heavy atom. The van der Waals surface area contributed by atoms with E-state index >= 15 is 0 Å². The lowest BCUT2D eigenvalue weighted by atomic mass is 9.84. The molecule has 0 aliphatic carbocycles. The molecule has 0 saturated carbocycles. The van der Waals surface area contributed by atoms with Gasteiger partial charge in [-0.1, -0.05) is 12.1 Å². The third kappa shape index (κ3) is 3.18. The molecule has 32 heavy (non-hydrogen) atoms. The van der Waals surface area contributed by atoms with Gasteiger partial charge in [-0.2, -0.15) is 10.4 Å². The molecule has 5 aromatic rings. The Labute approximate surface area is 184 Å². The van der Waals surface area contributed by atoms with Gasteiger partial charge < -0.3 is 0 Å². The maximum Gasteiger partial charge on any atom is 0.169 e. The van der Waals surface area contributed by atoms with Crippen molar-refractivity contribution in [3.05, 3.63) is 84.1 Å². The van der Waals surface area contributed by atoms with E-state index in [0.717, 1.165) is 28.4 Å². The summed E-state index contributed by atoms with van der Waals surface area (Å²) >= 11 is 0. The zero-order chi connectivity index (χ0) is 22.3. The fourth-order valence-corrected chi connectivity index (χ4v) is 3.57. The predicted octanol–water partition coefficient (Wildman–Crippen LogP) is 3.30. The third-order valence-electron chi connectivity index (χ3n) is 5.45. The molecule has 0 saturated heterocycles. The normalized spacial score (nSPS) is 11.6. The number of imidazole rings is 1. The molecule has 156 valence electrons. The quantitative estimate of drug-likeness (QED) is 0.438. The van der Waals surface area contributed by atoms with Crippen LogP contribution in [-0.2, 0) is 5.41 Å². The van der Waals surface area contributed by atoms with E-state index in [1.54, 1.807) is 23.3 Å². The predicted molar refractivity (Wildman–Crippen MR) is 117 cm³/mol. The zero-order valence-corrected chi connectivity index (χ0v) is 17.8. The first-order chi connectivity index (χ1) is 15.5. The summed E-state index contributed by atoms with van der Waals surface area (Å²) in [5.41, 5.74) is 3.84. The Morgan fingerprint density at radius 1 is 0.906 bits per heavy atom. The van der Waals surface area contributed by atoms with Gasteiger partial charge in [0.1, 0.15) is 30.1 Å². The van der Waals surface area contributed by atoms with Crippen molar-refractivity contribution in [2.75, 3.05) is 0 Å². The highest BCUT2D eigenvalue weighted by Crippen LogP contribution is 2.30. The third-order valence-corrected chi connectivity index (χ3v) is 5.45. The molecule has 9 nitrogen and oxygen atoms in total. The molecule has 9 heteroatoms. The minimum Gasteiger partial charge on any atom is -0.267 e. The molecular weight excluding hydrogens is 402 g/mol. The van der Waals surface area contributed by atoms with Crippen molar-refractivity contribution in [1.82, 2.24) is 39.3 Å². The molecule has 5 rings (SSSR count). The largest absolute Gasteiger partial charge is 0.267 e. The summed E-state index contributed by atoms with van der Waals surface area (Å²) in [7, 11) is 0. The van der Waals surface area contributed by atoms with E-state index in [4.69, 9.17) is 15.2 Å². The van der Waals surface area contributed by atoms with Crippen LogP contribution in [0.25, 0.3) is 22.8 Å². The Morgan fingerprint density at radius 3 is 2.34 bits per heavy atom. The van der Waals surface area contributed by atoms with Crippen LogP contribution in [0.5, 0.6) is 0 Å². The molecule has 0 fully saturated rings. The van der Waals surface area contributed by atoms with Gasteiger partial charge in [0.05, 0.1) is 17.1 Å². The van der Waals surface area contributed by atoms with Crippen LogP contribution < -0.4 is 0 Å². The summed E-state index contributed by atoms with van der Waals surface area (Å²) in [4.78, 5) is 22.8. The van der Waals surface area contributed by atoms with Crippen LogP contribution in [0.2, 0.25) is 0 Å². The fraction of sp³-hybridized carbons (Fsp3) is 0.174. The minimum atomic E-state index is -0.488. The van der Waals surface area contributed by atoms with Crippen molar-refractivity contribution in [3.63, 3.8) is 0 Å². The zero-order valence-electron chi connectivity index (χ0n) is 17.8. The van der Waals surface area contributed by atoms with Crippen molar-refractivity contribution >= 4 is 11.2 Å². The number of rotatable bonds is 4. The van der Waals surface area contributed by atoms with Crippen LogP contribution in [0.15, 0.2) is 61.3 Å². The lowest BCUT2D eigenvalue weighted by molar-refractivity contribution is 0.590. The van der Waals surface area contributed by atoms with Gasteiger partial charge in [-0.3, -0.25) is 4.57 Å². The van der Waals surface area contributed by atoms with E-state index < -0.39 is 5.41 Å². The van der Waals surface area contributed by atoms with Crippen LogP contribution in [-0.4, -0.2) is 39.3 Å². The monoisotopic (exact) mass is 421 g/mol. The van der Waals surface area contributed by atoms with E-state index in [2.05, 4.69) is 33.9 Å². The van der Waals surface area contributed by atoms with Crippen LogP contribution in [0.3, 0.4) is 0 Å². The molecule has 0 spiro atoms. The van der Waals surface area contributed by atoms with Crippen molar-refractivity contribution in [3.8, 4) is 17.7 Å². The first-order valence-corrected chi connectivity index (χ1v) is 10.0. The average Bonchev–Trinajstić information content (AvgIpc) is 3.47. The van der Waals surface area contributed by atoms with Gasteiger partial charge in [-0.05, 0) is 51.1 Å². The molecule has 0 amide bonds. The second-order valence-electron chi connectivity index (χ2n) is 7.89. The Hall–Kier alpha value is -4.45. The summed E-state index contributed by atoms with van der Waals surface area (Å²) in [5, 5.41) is 13.3. The molecule has 0 bridgehead atoms. The smallest absolute Gasteiger partial charge is 0.169 e. The number of aromatic nitrogens is 8. The molecule has 5 aromatic heterocycles. The van der Waals surface area contributed by atoms with Gasteiger partial charge in [0.2, 0.25) is 0 Å². The Bertz CT molecular complexity index is 1490. The van der Waals surface area contributed by atoms with E-state index in [9.17, 15) is 0 Å². The number of hydrogen-bond donors (Lipinski definition) is 0. The standard InChI is InChI=1S/C23H19N9/c1-15-21-22(26-13-25-15)31(14-27-21)19-8-4-6-17(28-19)23(2,3)18-7-5-9-20(29-18)32-11-10-16(12-24)30-32/h4-11,13-14H,1-3H3. The Kier molecular flexibility index (Phi) is 4.48. The van der Waals surface area contributed by atoms with Crippen LogP contribution in [0.4, 0.5) is 0 Å². The highest BCUT2D eigenvalue weighted by Gasteiger charge is 2.27. The maximum atomic E-state index is 9.05. The highest BCUT2D eigenvalue weighted by atomic mass is 15.3. The molecule has 5 heterocycles. The first kappa shape index (κ1) is 19.5. The summed E-state index contributed by atoms with van der Waals surface area (Å²) in [6.45, 7) is 6.06. The molecular formula is C23H19N9. The van der Waals surface area contributed by atoms with E-state index in [1.807, 2.05) is 54.0 Å². The second kappa shape index (κ2) is 7.35. The van der Waals surface area contributed by atoms with E-state index in [-0.39, 0.29) is 0 Å². The summed E-state index contributed by atoms with van der Waals surface area (Å²) in [6.07, 6.45) is 4.98. The topological polar surface area (TPSA) is 111 Å². The lowest BCUT2D eigenvalue weighted by Gasteiger charge is -2.24. The highest BCUT2D eigenvalue weighted by molar-refractivity contribution is 5.74. The number of nitrogens with zero attached hydrogens (tertiary/aromatic N) is 9. The van der Waals surface area contributed by atoms with Gasteiger partial charge in [-0.25, -0.2) is 29.6 Å². The average molecular weight is 421 g/mol. The van der Waals surface area contributed by atoms with E-state index in [1.165, 1.54) is 6.33 Å². The van der Waals surface area contributed by atoms with Crippen LogP contribution in [0, 0.1) is 18.3 Å². The van der Waals surface area contributed by atoms with Gasteiger partial charge in [-0.15, -0.1) is 0 Å². The second-order valence-corrected chi connectivity index (χ2v) is 7.89. The Balaban J connectivity index is 1.56. The fourth-order valence-electron chi connectivity index (χ4n) is 3.57. The molecule has 0 aliphatic rings. The molecule has 0 aromatic carbocycles. The van der Waals surface area contributed by atoms with Gasteiger partial charge in [0, 0.05) is 11.6 Å². The number of hydrogen-bond acceptors (Lipinski definition) is 7. The van der Waals surface area contributed by atoms with Crippen molar-refractivity contribution in [2.24, 2.45) is 0 Å². The molecule has 0 aliphatic heterocycles. The molecule has 0 radical (unpaired) electrons. The van der Waals surface area contributed by atoms with Gasteiger partial charge in [0.25, 0.3) is 0 Å². The first-order valence-electron chi connectivity index (χ1n) is 10.0. The van der Waals surface area contributed by atoms with Crippen molar-refractivity contribution in [1.29, 1.82) is 5.26 Å². The van der Waals surface area contributed by atoms with Gasteiger partial charge >= 0.3 is 0 Å². The molecule has 0 N–H and O–H groups in total. The van der Waals surface area contributed by atoms with Crippen LogP contribution in [0.1, 0.15) is 36.6 Å². The molecule has 0 atom stereocenters. The summed E-state index contributed by atoms with van der Waals surface area (Å²) in [5.74, 6) is 1.36. The van der Waals surface area contributed by atoms with E-state index in [0.29, 0.717) is 17.2 Å². The lowest BCUT2D eigenvalue weighted by Crippen LogP contribution is -2.23. The SMILES string of the molecule is Cc1ncnc2c1ncn2-c1cccc(C(C)(C)c2cccc(-n3ccc(C#N)n3)n2)n1. The number of fused-ring (bicyclic) bond motifs is 1. The van der Waals surface area contributed by atoms with Crippen LogP contribution >= 0.6 is 0 Å². The van der Waals surface area contributed by atoms with Gasteiger partial charge in [0.15, 0.2) is 17.2 Å². The maximum absolute atomic E-state index is 9.05. The van der Waals surface area contributed by atoms with Crippen molar-refractivity contribution in [2.45, 2.75) is 26.2 Å². The summed E-state index contributed by atoms with van der Waals surface area (Å²) < 4.78 is 3.46. The number of pyridine rings is 2.